The third-order valence-corrected chi connectivity index (χ3v) is 6.77. The van der Waals surface area contributed by atoms with Crippen LogP contribution in [0.4, 0.5) is 13.2 Å². The Kier molecular flexibility index (Phi) is 6.69. The Labute approximate surface area is 193 Å². The first kappa shape index (κ1) is 23.2. The van der Waals surface area contributed by atoms with E-state index in [9.17, 15) is 18.0 Å². The summed E-state index contributed by atoms with van der Waals surface area (Å²) in [6.45, 7) is 2.14. The monoisotopic (exact) mass is 477 g/mol. The van der Waals surface area contributed by atoms with Gasteiger partial charge in [0.05, 0.1) is 23.1 Å². The molecule has 0 amide bonds. The number of carboxylic acid groups (broad SMARTS) is 1. The van der Waals surface area contributed by atoms with E-state index in [0.29, 0.717) is 30.9 Å². The molecule has 2 heterocycles. The molecule has 174 valence electrons. The standard InChI is InChI=1S/C24H22F3NO4S/c1-14-10-20(23-18(8-9-31-23)22(14)32-12-21(29)30)33-13-15-2-4-16(5-3-15)19-7-6-17(11-28-19)24(25,26)27/h2-7,11,20H,8-10,12-13H2,1H3,(H,29,30). The van der Waals surface area contributed by atoms with Gasteiger partial charge in [-0.25, -0.2) is 4.79 Å². The van der Waals surface area contributed by atoms with E-state index in [1.807, 2.05) is 31.2 Å². The van der Waals surface area contributed by atoms with E-state index in [1.54, 1.807) is 11.8 Å². The first-order chi connectivity index (χ1) is 15.7. The number of carbonyl (C=O) groups is 1. The van der Waals surface area contributed by atoms with E-state index in [1.165, 1.54) is 6.07 Å². The minimum Gasteiger partial charge on any atom is -0.496 e. The first-order valence-corrected chi connectivity index (χ1v) is 11.4. The first-order valence-electron chi connectivity index (χ1n) is 10.4. The number of allylic oxidation sites excluding steroid dienone is 2. The smallest absolute Gasteiger partial charge is 0.417 e. The summed E-state index contributed by atoms with van der Waals surface area (Å²) >= 11 is 1.73. The van der Waals surface area contributed by atoms with Crippen molar-refractivity contribution in [1.82, 2.24) is 4.98 Å². The fourth-order valence-electron chi connectivity index (χ4n) is 3.89. The van der Waals surface area contributed by atoms with E-state index in [2.05, 4.69) is 4.98 Å². The Morgan fingerprint density at radius 2 is 2.00 bits per heavy atom. The Balaban J connectivity index is 1.40. The van der Waals surface area contributed by atoms with Crippen LogP contribution in [-0.4, -0.2) is 34.5 Å². The van der Waals surface area contributed by atoms with Crippen molar-refractivity contribution in [2.24, 2.45) is 0 Å². The van der Waals surface area contributed by atoms with E-state index in [-0.39, 0.29) is 11.9 Å². The van der Waals surface area contributed by atoms with Crippen molar-refractivity contribution in [1.29, 1.82) is 0 Å². The number of alkyl halides is 3. The maximum atomic E-state index is 12.7. The number of aromatic nitrogens is 1. The highest BCUT2D eigenvalue weighted by molar-refractivity contribution is 7.99. The van der Waals surface area contributed by atoms with Gasteiger partial charge < -0.3 is 14.6 Å². The molecule has 1 aliphatic heterocycles. The van der Waals surface area contributed by atoms with E-state index >= 15 is 0 Å². The maximum Gasteiger partial charge on any atom is 0.417 e. The zero-order valence-corrected chi connectivity index (χ0v) is 18.6. The molecule has 1 atom stereocenters. The van der Waals surface area contributed by atoms with E-state index < -0.39 is 17.7 Å². The number of pyridine rings is 1. The molecule has 1 unspecified atom stereocenters. The summed E-state index contributed by atoms with van der Waals surface area (Å²) in [5, 5.41) is 9.04. The summed E-state index contributed by atoms with van der Waals surface area (Å²) in [7, 11) is 0. The summed E-state index contributed by atoms with van der Waals surface area (Å²) in [5.41, 5.74) is 3.51. The van der Waals surface area contributed by atoms with Crippen molar-refractivity contribution < 1.29 is 32.5 Å². The van der Waals surface area contributed by atoms with Crippen LogP contribution in [0.25, 0.3) is 11.3 Å². The van der Waals surface area contributed by atoms with Crippen molar-refractivity contribution in [2.45, 2.75) is 36.9 Å². The lowest BCUT2D eigenvalue weighted by Crippen LogP contribution is -2.18. The van der Waals surface area contributed by atoms with Gasteiger partial charge in [0.1, 0.15) is 11.5 Å². The predicted octanol–water partition coefficient (Wildman–Crippen LogP) is 5.82. The molecule has 1 aromatic heterocycles. The van der Waals surface area contributed by atoms with Crippen molar-refractivity contribution in [3.8, 4) is 11.3 Å². The third kappa shape index (κ3) is 5.35. The van der Waals surface area contributed by atoms with Crippen LogP contribution in [0.5, 0.6) is 0 Å². The van der Waals surface area contributed by atoms with Gasteiger partial charge in [-0.05, 0) is 36.6 Å². The van der Waals surface area contributed by atoms with Gasteiger partial charge in [0.15, 0.2) is 6.61 Å². The second-order valence-corrected chi connectivity index (χ2v) is 9.05. The van der Waals surface area contributed by atoms with Crippen LogP contribution in [0.15, 0.2) is 65.3 Å². The van der Waals surface area contributed by atoms with Crippen LogP contribution < -0.4 is 0 Å². The van der Waals surface area contributed by atoms with Crippen LogP contribution in [-0.2, 0) is 26.2 Å². The maximum absolute atomic E-state index is 12.7. The number of hydrogen-bond donors (Lipinski definition) is 1. The molecule has 0 radical (unpaired) electrons. The van der Waals surface area contributed by atoms with Gasteiger partial charge in [-0.15, -0.1) is 11.8 Å². The Morgan fingerprint density at radius 1 is 1.24 bits per heavy atom. The number of benzene rings is 1. The number of rotatable bonds is 7. The third-order valence-electron chi connectivity index (χ3n) is 5.48. The molecule has 9 heteroatoms. The minimum atomic E-state index is -4.40. The second-order valence-electron chi connectivity index (χ2n) is 7.86. The largest absolute Gasteiger partial charge is 0.496 e. The average molecular weight is 478 g/mol. The van der Waals surface area contributed by atoms with E-state index in [4.69, 9.17) is 14.6 Å². The SMILES string of the molecule is CC1=C(OCC(=O)O)C2=C(OCC2)C(SCc2ccc(-c3ccc(C(F)(F)F)cn3)cc2)C1. The number of hydrogen-bond acceptors (Lipinski definition) is 5. The number of nitrogens with zero attached hydrogens (tertiary/aromatic N) is 1. The summed E-state index contributed by atoms with van der Waals surface area (Å²) < 4.78 is 49.6. The predicted molar refractivity (Wildman–Crippen MR) is 118 cm³/mol. The van der Waals surface area contributed by atoms with Crippen molar-refractivity contribution in [3.05, 3.63) is 76.4 Å². The van der Waals surface area contributed by atoms with Gasteiger partial charge in [0.2, 0.25) is 0 Å². The Bertz CT molecular complexity index is 1090. The molecule has 5 nitrogen and oxygen atoms in total. The molecule has 2 aromatic rings. The number of ether oxygens (including phenoxy) is 2. The van der Waals surface area contributed by atoms with Crippen molar-refractivity contribution in [2.75, 3.05) is 13.2 Å². The van der Waals surface area contributed by atoms with Crippen LogP contribution in [0, 0.1) is 0 Å². The summed E-state index contributed by atoms with van der Waals surface area (Å²) in [6.07, 6.45) is -2.14. The fraction of sp³-hybridized carbons (Fsp3) is 0.333. The number of aliphatic carboxylic acids is 1. The normalized spacial score (nSPS) is 18.2. The molecule has 0 fully saturated rings. The molecule has 1 aromatic carbocycles. The van der Waals surface area contributed by atoms with Gasteiger partial charge in [0.25, 0.3) is 0 Å². The van der Waals surface area contributed by atoms with E-state index in [0.717, 1.165) is 46.0 Å². The molecule has 4 rings (SSSR count). The molecule has 0 spiro atoms. The Morgan fingerprint density at radius 3 is 2.64 bits per heavy atom. The van der Waals surface area contributed by atoms with Crippen LogP contribution in [0.1, 0.15) is 30.9 Å². The lowest BCUT2D eigenvalue weighted by atomic mass is 9.96. The van der Waals surface area contributed by atoms with Crippen LogP contribution in [0.2, 0.25) is 0 Å². The second kappa shape index (κ2) is 9.51. The summed E-state index contributed by atoms with van der Waals surface area (Å²) in [6, 6.07) is 10.0. The summed E-state index contributed by atoms with van der Waals surface area (Å²) in [4.78, 5) is 14.8. The highest BCUT2D eigenvalue weighted by Gasteiger charge is 2.34. The lowest BCUT2D eigenvalue weighted by Gasteiger charge is -2.26. The highest BCUT2D eigenvalue weighted by Crippen LogP contribution is 2.43. The zero-order chi connectivity index (χ0) is 23.6. The quantitative estimate of drug-likeness (QED) is 0.542. The fourth-order valence-corrected chi connectivity index (χ4v) is 5.20. The molecule has 1 aliphatic carbocycles. The lowest BCUT2D eigenvalue weighted by molar-refractivity contribution is -0.141. The average Bonchev–Trinajstić information content (AvgIpc) is 3.27. The topological polar surface area (TPSA) is 68.7 Å². The summed E-state index contributed by atoms with van der Waals surface area (Å²) in [5.74, 6) is 1.24. The van der Waals surface area contributed by atoms with Crippen molar-refractivity contribution >= 4 is 17.7 Å². The molecule has 1 N–H and O–H groups in total. The number of thioether (sulfide) groups is 1. The van der Waals surface area contributed by atoms with Gasteiger partial charge in [-0.1, -0.05) is 24.3 Å². The molecule has 0 bridgehead atoms. The van der Waals surface area contributed by atoms with Crippen molar-refractivity contribution in [3.63, 3.8) is 0 Å². The highest BCUT2D eigenvalue weighted by atomic mass is 32.2. The number of halogens is 3. The Hall–Kier alpha value is -2.94. The van der Waals surface area contributed by atoms with Gasteiger partial charge in [-0.2, -0.15) is 13.2 Å². The molecule has 0 saturated heterocycles. The molecular weight excluding hydrogens is 455 g/mol. The zero-order valence-electron chi connectivity index (χ0n) is 17.8. The van der Waals surface area contributed by atoms with Crippen LogP contribution in [0.3, 0.4) is 0 Å². The molecule has 0 saturated carbocycles. The molecule has 2 aliphatic rings. The molecule has 33 heavy (non-hydrogen) atoms. The number of carboxylic acids is 1. The van der Waals surface area contributed by atoms with Gasteiger partial charge in [-0.3, -0.25) is 4.98 Å². The molecular formula is C24H22F3NO4S. The van der Waals surface area contributed by atoms with Crippen LogP contribution >= 0.6 is 11.8 Å². The minimum absolute atomic E-state index is 0.121. The van der Waals surface area contributed by atoms with Gasteiger partial charge in [0, 0.05) is 29.5 Å². The van der Waals surface area contributed by atoms with Gasteiger partial charge >= 0.3 is 12.1 Å².